The first-order valence-corrected chi connectivity index (χ1v) is 9.71. The van der Waals surface area contributed by atoms with Gasteiger partial charge in [0.05, 0.1) is 16.9 Å². The van der Waals surface area contributed by atoms with Gasteiger partial charge in [-0.15, -0.1) is 0 Å². The number of anilines is 1. The topological polar surface area (TPSA) is 113 Å². The lowest BCUT2D eigenvalue weighted by atomic mass is 10.0. The number of rotatable bonds is 6. The van der Waals surface area contributed by atoms with Gasteiger partial charge in [-0.2, -0.15) is 0 Å². The van der Waals surface area contributed by atoms with Crippen molar-refractivity contribution in [1.82, 2.24) is 4.72 Å². The average Bonchev–Trinajstić information content (AvgIpc) is 2.53. The number of sulfonamides is 1. The summed E-state index contributed by atoms with van der Waals surface area (Å²) in [6.45, 7) is 5.20. The highest BCUT2D eigenvalue weighted by Crippen LogP contribution is 2.18. The molecular weight excluding hydrogens is 368 g/mol. The Morgan fingerprint density at radius 1 is 1.04 bits per heavy atom. The smallest absolute Gasteiger partial charge is 0.335 e. The number of carboxylic acid groups (broad SMARTS) is 1. The quantitative estimate of drug-likeness (QED) is 0.702. The monoisotopic (exact) mass is 390 g/mol. The van der Waals surface area contributed by atoms with Gasteiger partial charge in [0.1, 0.15) is 0 Å². The van der Waals surface area contributed by atoms with Crippen LogP contribution in [0.3, 0.4) is 0 Å². The summed E-state index contributed by atoms with van der Waals surface area (Å²) in [7, 11) is -3.73. The van der Waals surface area contributed by atoms with Gasteiger partial charge in [-0.3, -0.25) is 4.79 Å². The van der Waals surface area contributed by atoms with Crippen molar-refractivity contribution < 1.29 is 23.1 Å². The molecule has 2 aromatic rings. The molecule has 0 saturated heterocycles. The molecule has 0 fully saturated rings. The summed E-state index contributed by atoms with van der Waals surface area (Å²) < 4.78 is 27.4. The molecule has 0 radical (unpaired) electrons. The summed E-state index contributed by atoms with van der Waals surface area (Å²) >= 11 is 0. The number of hydrogen-bond acceptors (Lipinski definition) is 4. The Labute approximate surface area is 158 Å². The molecule has 1 amide bonds. The highest BCUT2D eigenvalue weighted by molar-refractivity contribution is 7.89. The number of nitrogens with one attached hydrogen (secondary N) is 2. The van der Waals surface area contributed by atoms with Crippen molar-refractivity contribution in [3.8, 4) is 0 Å². The first kappa shape index (κ1) is 20.6. The maximum absolute atomic E-state index is 12.4. The third-order valence-electron chi connectivity index (χ3n) is 3.47. The molecule has 0 spiro atoms. The molecular formula is C19H22N2O5S. The van der Waals surface area contributed by atoms with Crippen LogP contribution < -0.4 is 10.0 Å². The molecule has 0 unspecified atom stereocenters. The second-order valence-electron chi connectivity index (χ2n) is 7.07. The molecule has 3 N–H and O–H groups in total. The lowest BCUT2D eigenvalue weighted by Gasteiger charge is -2.20. The SMILES string of the molecule is CC(C)(C)NS(=O)(=O)c1cccc(NC(=O)Cc2ccccc2C(=O)O)c1. The number of amides is 1. The summed E-state index contributed by atoms with van der Waals surface area (Å²) in [6, 6.07) is 12.1. The van der Waals surface area contributed by atoms with E-state index in [1.807, 2.05) is 0 Å². The molecule has 7 nitrogen and oxygen atoms in total. The Morgan fingerprint density at radius 2 is 1.70 bits per heavy atom. The van der Waals surface area contributed by atoms with E-state index in [9.17, 15) is 23.1 Å². The van der Waals surface area contributed by atoms with E-state index < -0.39 is 27.4 Å². The first-order chi connectivity index (χ1) is 12.5. The van der Waals surface area contributed by atoms with Crippen molar-refractivity contribution in [3.63, 3.8) is 0 Å². The Balaban J connectivity index is 2.17. The van der Waals surface area contributed by atoms with Gasteiger partial charge >= 0.3 is 5.97 Å². The number of benzene rings is 2. The molecule has 0 heterocycles. The van der Waals surface area contributed by atoms with E-state index in [1.165, 1.54) is 24.3 Å². The first-order valence-electron chi connectivity index (χ1n) is 8.23. The van der Waals surface area contributed by atoms with Gasteiger partial charge in [0.15, 0.2) is 0 Å². The van der Waals surface area contributed by atoms with Gasteiger partial charge in [0.25, 0.3) is 0 Å². The molecule has 0 aromatic heterocycles. The van der Waals surface area contributed by atoms with Crippen LogP contribution in [0.1, 0.15) is 36.7 Å². The lowest BCUT2D eigenvalue weighted by molar-refractivity contribution is -0.115. The Bertz CT molecular complexity index is 962. The molecule has 0 saturated carbocycles. The van der Waals surface area contributed by atoms with Gasteiger partial charge in [0, 0.05) is 11.2 Å². The molecule has 8 heteroatoms. The number of carboxylic acids is 1. The molecule has 0 atom stereocenters. The molecule has 0 aliphatic rings. The van der Waals surface area contributed by atoms with Gasteiger partial charge < -0.3 is 10.4 Å². The number of hydrogen-bond donors (Lipinski definition) is 3. The van der Waals surface area contributed by atoms with Crippen molar-refractivity contribution in [1.29, 1.82) is 0 Å². The minimum Gasteiger partial charge on any atom is -0.478 e. The zero-order valence-electron chi connectivity index (χ0n) is 15.3. The van der Waals surface area contributed by atoms with E-state index in [-0.39, 0.29) is 16.9 Å². The summed E-state index contributed by atoms with van der Waals surface area (Å²) in [5, 5.41) is 11.8. The normalized spacial score (nSPS) is 11.8. The van der Waals surface area contributed by atoms with E-state index >= 15 is 0 Å². The predicted octanol–water partition coefficient (Wildman–Crippen LogP) is 2.64. The third-order valence-corrected chi connectivity index (χ3v) is 5.22. The molecule has 0 aliphatic carbocycles. The third kappa shape index (κ3) is 5.90. The van der Waals surface area contributed by atoms with Gasteiger partial charge in [-0.1, -0.05) is 24.3 Å². The fraction of sp³-hybridized carbons (Fsp3) is 0.263. The van der Waals surface area contributed by atoms with E-state index in [2.05, 4.69) is 10.0 Å². The number of carbonyl (C=O) groups excluding carboxylic acids is 1. The zero-order valence-corrected chi connectivity index (χ0v) is 16.1. The van der Waals surface area contributed by atoms with Crippen molar-refractivity contribution in [3.05, 3.63) is 59.7 Å². The Hall–Kier alpha value is -2.71. The van der Waals surface area contributed by atoms with E-state index in [0.717, 1.165) is 0 Å². The van der Waals surface area contributed by atoms with Crippen LogP contribution >= 0.6 is 0 Å². The minimum atomic E-state index is -3.73. The van der Waals surface area contributed by atoms with Crippen molar-refractivity contribution >= 4 is 27.6 Å². The van der Waals surface area contributed by atoms with Crippen LogP contribution in [-0.4, -0.2) is 30.9 Å². The van der Waals surface area contributed by atoms with Crippen LogP contribution in [0.2, 0.25) is 0 Å². The largest absolute Gasteiger partial charge is 0.478 e. The van der Waals surface area contributed by atoms with Crippen LogP contribution in [0.5, 0.6) is 0 Å². The van der Waals surface area contributed by atoms with Gasteiger partial charge in [-0.05, 0) is 50.6 Å². The molecule has 144 valence electrons. The van der Waals surface area contributed by atoms with E-state index in [0.29, 0.717) is 11.3 Å². The zero-order chi connectivity index (χ0) is 20.2. The van der Waals surface area contributed by atoms with E-state index in [1.54, 1.807) is 45.0 Å². The number of aromatic carboxylic acids is 1. The maximum atomic E-state index is 12.4. The summed E-state index contributed by atoms with van der Waals surface area (Å²) in [4.78, 5) is 23.5. The van der Waals surface area contributed by atoms with Gasteiger partial charge in [-0.25, -0.2) is 17.9 Å². The summed E-state index contributed by atoms with van der Waals surface area (Å²) in [5.41, 5.74) is 0.0992. The van der Waals surface area contributed by atoms with Crippen LogP contribution in [0.15, 0.2) is 53.4 Å². The number of carbonyl (C=O) groups is 2. The molecule has 2 rings (SSSR count). The summed E-state index contributed by atoms with van der Waals surface area (Å²) in [6.07, 6.45) is -0.139. The molecule has 2 aromatic carbocycles. The lowest BCUT2D eigenvalue weighted by Crippen LogP contribution is -2.40. The fourth-order valence-electron chi connectivity index (χ4n) is 2.46. The Kier molecular flexibility index (Phi) is 6.02. The minimum absolute atomic E-state index is 0.0289. The summed E-state index contributed by atoms with van der Waals surface area (Å²) in [5.74, 6) is -1.55. The van der Waals surface area contributed by atoms with E-state index in [4.69, 9.17) is 0 Å². The highest BCUT2D eigenvalue weighted by Gasteiger charge is 2.22. The van der Waals surface area contributed by atoms with Crippen LogP contribution in [0.4, 0.5) is 5.69 Å². The average molecular weight is 390 g/mol. The highest BCUT2D eigenvalue weighted by atomic mass is 32.2. The molecule has 0 aliphatic heterocycles. The standard InChI is InChI=1S/C19H22N2O5S/c1-19(2,3)21-27(25,26)15-9-6-8-14(12-15)20-17(22)11-13-7-4-5-10-16(13)18(23)24/h4-10,12,21H,11H2,1-3H3,(H,20,22)(H,23,24). The van der Waals surface area contributed by atoms with Crippen LogP contribution in [-0.2, 0) is 21.2 Å². The molecule has 0 bridgehead atoms. The van der Waals surface area contributed by atoms with Crippen molar-refractivity contribution in [2.45, 2.75) is 37.6 Å². The van der Waals surface area contributed by atoms with Crippen molar-refractivity contribution in [2.75, 3.05) is 5.32 Å². The fourth-order valence-corrected chi connectivity index (χ4v) is 3.93. The maximum Gasteiger partial charge on any atom is 0.335 e. The van der Waals surface area contributed by atoms with Crippen molar-refractivity contribution in [2.24, 2.45) is 0 Å². The Morgan fingerprint density at radius 3 is 2.33 bits per heavy atom. The van der Waals surface area contributed by atoms with Gasteiger partial charge in [0.2, 0.25) is 15.9 Å². The van der Waals surface area contributed by atoms with Crippen LogP contribution in [0, 0.1) is 0 Å². The predicted molar refractivity (Wildman–Crippen MR) is 102 cm³/mol. The second-order valence-corrected chi connectivity index (χ2v) is 8.75. The van der Waals surface area contributed by atoms with Crippen LogP contribution in [0.25, 0.3) is 0 Å². The molecule has 27 heavy (non-hydrogen) atoms. The second kappa shape index (κ2) is 7.89.